The average molecular weight is 287 g/mol. The van der Waals surface area contributed by atoms with Crippen LogP contribution in [0.5, 0.6) is 0 Å². The van der Waals surface area contributed by atoms with Gasteiger partial charge in [0.1, 0.15) is 5.69 Å². The van der Waals surface area contributed by atoms with E-state index in [2.05, 4.69) is 20.1 Å². The number of piperidine rings is 1. The molecule has 0 bridgehead atoms. The predicted octanol–water partition coefficient (Wildman–Crippen LogP) is 2.06. The van der Waals surface area contributed by atoms with Crippen molar-refractivity contribution in [1.29, 1.82) is 0 Å². The van der Waals surface area contributed by atoms with Crippen LogP contribution in [0.3, 0.4) is 0 Å². The largest absolute Gasteiger partial charge is 0.339 e. The molecular weight excluding hydrogens is 266 g/mol. The third-order valence-electron chi connectivity index (χ3n) is 4.53. The molecule has 0 unspecified atom stereocenters. The fourth-order valence-corrected chi connectivity index (χ4v) is 3.07. The molecule has 2 aromatic rings. The summed E-state index contributed by atoms with van der Waals surface area (Å²) in [6.07, 6.45) is 6.99. The normalized spacial score (nSPS) is 21.0. The molecule has 0 radical (unpaired) electrons. The van der Waals surface area contributed by atoms with Crippen molar-refractivity contribution in [2.45, 2.75) is 31.6 Å². The molecular formula is C15H21N5O. The predicted molar refractivity (Wildman–Crippen MR) is 77.6 cm³/mol. The first-order chi connectivity index (χ1) is 10.3. The first kappa shape index (κ1) is 13.0. The van der Waals surface area contributed by atoms with Gasteiger partial charge in [-0.3, -0.25) is 4.68 Å². The van der Waals surface area contributed by atoms with E-state index in [1.54, 1.807) is 4.68 Å². The van der Waals surface area contributed by atoms with Crippen molar-refractivity contribution in [2.75, 3.05) is 19.6 Å². The fourth-order valence-electron chi connectivity index (χ4n) is 3.07. The molecule has 2 aliphatic rings. The molecule has 4 rings (SSSR count). The molecule has 0 amide bonds. The maximum absolute atomic E-state index is 5.47. The van der Waals surface area contributed by atoms with Gasteiger partial charge in [-0.05, 0) is 50.8 Å². The van der Waals surface area contributed by atoms with Crippen LogP contribution in [-0.2, 0) is 7.05 Å². The third-order valence-corrected chi connectivity index (χ3v) is 4.53. The van der Waals surface area contributed by atoms with Crippen molar-refractivity contribution in [1.82, 2.24) is 24.8 Å². The Kier molecular flexibility index (Phi) is 3.25. The summed E-state index contributed by atoms with van der Waals surface area (Å²) < 4.78 is 7.22. The molecule has 2 aromatic heterocycles. The van der Waals surface area contributed by atoms with Gasteiger partial charge in [0.2, 0.25) is 11.7 Å². The van der Waals surface area contributed by atoms with Crippen LogP contribution in [0.2, 0.25) is 0 Å². The van der Waals surface area contributed by atoms with Crippen molar-refractivity contribution < 1.29 is 4.52 Å². The Morgan fingerprint density at radius 2 is 2.05 bits per heavy atom. The van der Waals surface area contributed by atoms with Gasteiger partial charge in [-0.2, -0.15) is 10.1 Å². The lowest BCUT2D eigenvalue weighted by atomic mass is 9.96. The van der Waals surface area contributed by atoms with Crippen LogP contribution in [0.15, 0.2) is 16.8 Å². The number of nitrogens with zero attached hydrogens (tertiary/aromatic N) is 5. The van der Waals surface area contributed by atoms with Crippen molar-refractivity contribution in [2.24, 2.45) is 13.0 Å². The van der Waals surface area contributed by atoms with Crippen LogP contribution in [0.1, 0.15) is 37.5 Å². The molecule has 21 heavy (non-hydrogen) atoms. The van der Waals surface area contributed by atoms with E-state index in [4.69, 9.17) is 4.52 Å². The van der Waals surface area contributed by atoms with Crippen LogP contribution >= 0.6 is 0 Å². The Bertz CT molecular complexity index is 607. The Morgan fingerprint density at radius 1 is 1.24 bits per heavy atom. The summed E-state index contributed by atoms with van der Waals surface area (Å²) in [5.74, 6) is 2.76. The quantitative estimate of drug-likeness (QED) is 0.861. The zero-order valence-corrected chi connectivity index (χ0v) is 12.4. The number of hydrogen-bond acceptors (Lipinski definition) is 5. The number of rotatable bonds is 4. The van der Waals surface area contributed by atoms with Crippen LogP contribution in [0, 0.1) is 5.92 Å². The average Bonchev–Trinajstić information content (AvgIpc) is 3.01. The zero-order valence-electron chi connectivity index (χ0n) is 12.4. The first-order valence-corrected chi connectivity index (χ1v) is 7.84. The second-order valence-corrected chi connectivity index (χ2v) is 6.35. The fraction of sp³-hybridized carbons (Fsp3) is 0.667. The summed E-state index contributed by atoms with van der Waals surface area (Å²) in [4.78, 5) is 7.13. The van der Waals surface area contributed by atoms with E-state index in [9.17, 15) is 0 Å². The monoisotopic (exact) mass is 287 g/mol. The summed E-state index contributed by atoms with van der Waals surface area (Å²) in [6.45, 7) is 3.60. The Labute approximate surface area is 124 Å². The van der Waals surface area contributed by atoms with E-state index in [0.29, 0.717) is 11.7 Å². The van der Waals surface area contributed by atoms with Gasteiger partial charge in [-0.1, -0.05) is 5.16 Å². The van der Waals surface area contributed by atoms with Gasteiger partial charge in [-0.25, -0.2) is 0 Å². The minimum absolute atomic E-state index is 0.408. The Hall–Kier alpha value is -1.69. The van der Waals surface area contributed by atoms with Gasteiger partial charge >= 0.3 is 0 Å². The maximum atomic E-state index is 5.47. The van der Waals surface area contributed by atoms with Gasteiger partial charge in [0.05, 0.1) is 0 Å². The van der Waals surface area contributed by atoms with E-state index < -0.39 is 0 Å². The van der Waals surface area contributed by atoms with E-state index in [0.717, 1.165) is 43.4 Å². The highest BCUT2D eigenvalue weighted by molar-refractivity contribution is 5.46. The summed E-state index contributed by atoms with van der Waals surface area (Å²) in [5, 5.41) is 8.39. The van der Waals surface area contributed by atoms with Gasteiger partial charge in [0.15, 0.2) is 0 Å². The Morgan fingerprint density at radius 3 is 2.71 bits per heavy atom. The van der Waals surface area contributed by atoms with Crippen molar-refractivity contribution in [3.05, 3.63) is 18.2 Å². The highest BCUT2D eigenvalue weighted by Gasteiger charge is 2.29. The topological polar surface area (TPSA) is 60.0 Å². The molecule has 2 fully saturated rings. The van der Waals surface area contributed by atoms with E-state index in [1.807, 2.05) is 19.3 Å². The molecule has 0 spiro atoms. The standard InChI is InChI=1S/C15H21N5O/c1-19-7-6-13(17-19)14-16-15(21-18-14)12-4-8-20(9-5-12)10-11-2-3-11/h6-7,11-12H,2-5,8-10H2,1H3. The molecule has 1 aliphatic heterocycles. The third kappa shape index (κ3) is 2.85. The molecule has 1 saturated carbocycles. The minimum Gasteiger partial charge on any atom is -0.339 e. The minimum atomic E-state index is 0.408. The number of hydrogen-bond donors (Lipinski definition) is 0. The molecule has 6 nitrogen and oxygen atoms in total. The van der Waals surface area contributed by atoms with E-state index in [1.165, 1.54) is 19.4 Å². The summed E-state index contributed by atoms with van der Waals surface area (Å²) >= 11 is 0. The second-order valence-electron chi connectivity index (χ2n) is 6.35. The SMILES string of the molecule is Cn1ccc(-c2noc(C3CCN(CC4CC4)CC3)n2)n1. The molecule has 0 aromatic carbocycles. The second kappa shape index (κ2) is 5.26. The van der Waals surface area contributed by atoms with Crippen molar-refractivity contribution >= 4 is 0 Å². The number of likely N-dealkylation sites (tertiary alicyclic amines) is 1. The molecule has 0 atom stereocenters. The summed E-state index contributed by atoms with van der Waals surface area (Å²) in [6, 6.07) is 1.91. The first-order valence-electron chi connectivity index (χ1n) is 7.84. The maximum Gasteiger partial charge on any atom is 0.230 e. The van der Waals surface area contributed by atoms with Crippen molar-refractivity contribution in [3.8, 4) is 11.5 Å². The van der Waals surface area contributed by atoms with E-state index in [-0.39, 0.29) is 0 Å². The lowest BCUT2D eigenvalue weighted by Crippen LogP contribution is -2.34. The lowest BCUT2D eigenvalue weighted by molar-refractivity contribution is 0.188. The number of aryl methyl sites for hydroxylation is 1. The molecule has 0 N–H and O–H groups in total. The Balaban J connectivity index is 1.39. The van der Waals surface area contributed by atoms with Crippen molar-refractivity contribution in [3.63, 3.8) is 0 Å². The van der Waals surface area contributed by atoms with Gasteiger partial charge in [0.25, 0.3) is 0 Å². The van der Waals surface area contributed by atoms with Gasteiger partial charge < -0.3 is 9.42 Å². The van der Waals surface area contributed by atoms with Gasteiger partial charge in [-0.15, -0.1) is 0 Å². The highest BCUT2D eigenvalue weighted by Crippen LogP contribution is 2.33. The van der Waals surface area contributed by atoms with Crippen LogP contribution in [0.25, 0.3) is 11.5 Å². The smallest absolute Gasteiger partial charge is 0.230 e. The zero-order chi connectivity index (χ0) is 14.2. The molecule has 1 saturated heterocycles. The van der Waals surface area contributed by atoms with Crippen LogP contribution in [0.4, 0.5) is 0 Å². The lowest BCUT2D eigenvalue weighted by Gasteiger charge is -2.30. The molecule has 3 heterocycles. The summed E-state index contributed by atoms with van der Waals surface area (Å²) in [5.41, 5.74) is 0.777. The number of aromatic nitrogens is 4. The highest BCUT2D eigenvalue weighted by atomic mass is 16.5. The summed E-state index contributed by atoms with van der Waals surface area (Å²) in [7, 11) is 1.89. The molecule has 112 valence electrons. The molecule has 1 aliphatic carbocycles. The van der Waals surface area contributed by atoms with E-state index >= 15 is 0 Å². The van der Waals surface area contributed by atoms with Gasteiger partial charge in [0, 0.05) is 25.7 Å². The van der Waals surface area contributed by atoms with Crippen LogP contribution < -0.4 is 0 Å². The molecule has 6 heteroatoms. The van der Waals surface area contributed by atoms with Crippen LogP contribution in [-0.4, -0.2) is 44.5 Å².